The van der Waals surface area contributed by atoms with Crippen molar-refractivity contribution in [3.05, 3.63) is 15.8 Å². The van der Waals surface area contributed by atoms with Gasteiger partial charge in [-0.15, -0.1) is 11.3 Å². The highest BCUT2D eigenvalue weighted by Gasteiger charge is 2.30. The quantitative estimate of drug-likeness (QED) is 0.737. The van der Waals surface area contributed by atoms with Crippen molar-refractivity contribution in [3.63, 3.8) is 0 Å². The first kappa shape index (κ1) is 19.4. The second kappa shape index (κ2) is 8.42. The van der Waals surface area contributed by atoms with Crippen molar-refractivity contribution < 1.29 is 13.2 Å². The number of unbranched alkanes of at least 4 members (excludes halogenated alkanes) is 1. The second-order valence-electron chi connectivity index (χ2n) is 6.16. The number of hydrogen-bond acceptors (Lipinski definition) is 5. The summed E-state index contributed by atoms with van der Waals surface area (Å²) in [6, 6.07) is 1.75. The van der Waals surface area contributed by atoms with Crippen LogP contribution in [0.5, 0.6) is 0 Å². The van der Waals surface area contributed by atoms with Crippen molar-refractivity contribution in [1.82, 2.24) is 14.5 Å². The largest absolute Gasteiger partial charge is 0.355 e. The van der Waals surface area contributed by atoms with Gasteiger partial charge in [-0.3, -0.25) is 9.69 Å². The molecule has 0 atom stereocenters. The third-order valence-corrected chi connectivity index (χ3v) is 7.28. The molecule has 1 amide bonds. The van der Waals surface area contributed by atoms with Crippen LogP contribution in [0.1, 0.15) is 29.5 Å². The first-order chi connectivity index (χ1) is 11.3. The van der Waals surface area contributed by atoms with Crippen molar-refractivity contribution in [3.8, 4) is 0 Å². The number of carbonyl (C=O) groups is 1. The van der Waals surface area contributed by atoms with Gasteiger partial charge in [-0.05, 0) is 26.3 Å². The molecule has 0 saturated carbocycles. The minimum atomic E-state index is -3.42. The summed E-state index contributed by atoms with van der Waals surface area (Å²) in [5.41, 5.74) is 0. The molecule has 1 aromatic rings. The number of aryl methyl sites for hydroxylation is 2. The molecule has 0 bridgehead atoms. The number of sulfonamides is 1. The molecule has 1 saturated heterocycles. The highest BCUT2D eigenvalue weighted by molar-refractivity contribution is 7.89. The molecule has 0 aromatic carbocycles. The molecule has 6 nitrogen and oxygen atoms in total. The Morgan fingerprint density at radius 2 is 1.92 bits per heavy atom. The van der Waals surface area contributed by atoms with E-state index in [1.807, 2.05) is 18.7 Å². The van der Waals surface area contributed by atoms with Crippen molar-refractivity contribution in [2.24, 2.45) is 0 Å². The molecule has 8 heteroatoms. The maximum atomic E-state index is 12.8. The fourth-order valence-electron chi connectivity index (χ4n) is 2.79. The maximum Gasteiger partial charge on any atom is 0.244 e. The molecular formula is C16H27N3O3S2. The molecule has 0 unspecified atom stereocenters. The van der Waals surface area contributed by atoms with E-state index in [9.17, 15) is 13.2 Å². The third-order valence-electron chi connectivity index (χ3n) is 4.16. The molecule has 0 radical (unpaired) electrons. The minimum Gasteiger partial charge on any atom is -0.355 e. The minimum absolute atomic E-state index is 0.0176. The number of amides is 1. The lowest BCUT2D eigenvalue weighted by atomic mass is 10.3. The van der Waals surface area contributed by atoms with Gasteiger partial charge in [-0.1, -0.05) is 13.3 Å². The van der Waals surface area contributed by atoms with Crippen LogP contribution in [-0.4, -0.2) is 62.8 Å². The Morgan fingerprint density at radius 3 is 2.46 bits per heavy atom. The number of rotatable bonds is 7. The average Bonchev–Trinajstić information content (AvgIpc) is 2.87. The molecule has 0 aliphatic carbocycles. The molecule has 1 aliphatic rings. The molecule has 1 aromatic heterocycles. The number of piperazine rings is 1. The van der Waals surface area contributed by atoms with Gasteiger partial charge in [0.05, 0.1) is 11.4 Å². The number of nitrogens with zero attached hydrogens (tertiary/aromatic N) is 2. The normalized spacial score (nSPS) is 17.1. The summed E-state index contributed by atoms with van der Waals surface area (Å²) in [6.45, 7) is 8.94. The van der Waals surface area contributed by atoms with Gasteiger partial charge >= 0.3 is 0 Å². The standard InChI is InChI=1S/C16H27N3O3S2/c1-4-5-6-17-16(20)12-18-7-9-19(10-8-18)24(21,22)15-11-13(2)23-14(15)3/h11H,4-10,12H2,1-3H3,(H,17,20). The van der Waals surface area contributed by atoms with Gasteiger partial charge in [0.25, 0.3) is 0 Å². The van der Waals surface area contributed by atoms with E-state index in [1.54, 1.807) is 6.07 Å². The number of hydrogen-bond donors (Lipinski definition) is 1. The Kier molecular flexibility index (Phi) is 6.79. The van der Waals surface area contributed by atoms with E-state index in [0.29, 0.717) is 44.2 Å². The van der Waals surface area contributed by atoms with Gasteiger partial charge in [-0.2, -0.15) is 4.31 Å². The van der Waals surface area contributed by atoms with E-state index >= 15 is 0 Å². The van der Waals surface area contributed by atoms with Gasteiger partial charge < -0.3 is 5.32 Å². The zero-order valence-electron chi connectivity index (χ0n) is 14.7. The smallest absolute Gasteiger partial charge is 0.244 e. The van der Waals surface area contributed by atoms with Crippen molar-refractivity contribution in [1.29, 1.82) is 0 Å². The van der Waals surface area contributed by atoms with E-state index < -0.39 is 10.0 Å². The number of carbonyl (C=O) groups excluding carboxylic acids is 1. The summed E-state index contributed by atoms with van der Waals surface area (Å²) < 4.78 is 27.1. The molecule has 1 fully saturated rings. The molecule has 24 heavy (non-hydrogen) atoms. The van der Waals surface area contributed by atoms with E-state index in [2.05, 4.69) is 12.2 Å². The molecular weight excluding hydrogens is 346 g/mol. The van der Waals surface area contributed by atoms with Gasteiger partial charge in [-0.25, -0.2) is 8.42 Å². The summed E-state index contributed by atoms with van der Waals surface area (Å²) in [5.74, 6) is 0.0176. The molecule has 0 spiro atoms. The van der Waals surface area contributed by atoms with E-state index in [4.69, 9.17) is 0 Å². The predicted octanol–water partition coefficient (Wildman–Crippen LogP) is 1.59. The Bertz CT molecular complexity index is 662. The Labute approximate surface area is 148 Å². The first-order valence-corrected chi connectivity index (χ1v) is 10.7. The fraction of sp³-hybridized carbons (Fsp3) is 0.688. The number of nitrogens with one attached hydrogen (secondary N) is 1. The van der Waals surface area contributed by atoms with Crippen LogP contribution in [0.4, 0.5) is 0 Å². The Morgan fingerprint density at radius 1 is 1.25 bits per heavy atom. The van der Waals surface area contributed by atoms with Crippen LogP contribution in [0, 0.1) is 13.8 Å². The molecule has 1 N–H and O–H groups in total. The van der Waals surface area contributed by atoms with Crippen molar-refractivity contribution in [2.45, 2.75) is 38.5 Å². The lowest BCUT2D eigenvalue weighted by Crippen LogP contribution is -2.51. The molecule has 136 valence electrons. The van der Waals surface area contributed by atoms with Crippen molar-refractivity contribution in [2.75, 3.05) is 39.3 Å². The maximum absolute atomic E-state index is 12.8. The Balaban J connectivity index is 1.88. The fourth-order valence-corrected chi connectivity index (χ4v) is 5.74. The third kappa shape index (κ3) is 4.78. The monoisotopic (exact) mass is 373 g/mol. The molecule has 1 aliphatic heterocycles. The summed E-state index contributed by atoms with van der Waals surface area (Å²) in [6.07, 6.45) is 2.04. The van der Waals surface area contributed by atoms with Crippen molar-refractivity contribution >= 4 is 27.3 Å². The SMILES string of the molecule is CCCCNC(=O)CN1CCN(S(=O)(=O)c2cc(C)sc2C)CC1. The summed E-state index contributed by atoms with van der Waals surface area (Å²) in [5, 5.41) is 2.90. The van der Waals surface area contributed by atoms with Gasteiger partial charge in [0.1, 0.15) is 0 Å². The summed E-state index contributed by atoms with van der Waals surface area (Å²) >= 11 is 1.51. The molecule has 2 heterocycles. The second-order valence-corrected chi connectivity index (χ2v) is 9.53. The van der Waals surface area contributed by atoms with Crippen LogP contribution in [0.2, 0.25) is 0 Å². The van der Waals surface area contributed by atoms with E-state index in [1.165, 1.54) is 15.6 Å². The van der Waals surface area contributed by atoms with Gasteiger partial charge in [0.2, 0.25) is 15.9 Å². The topological polar surface area (TPSA) is 69.7 Å². The van der Waals surface area contributed by atoms with Crippen LogP contribution >= 0.6 is 11.3 Å². The lowest BCUT2D eigenvalue weighted by molar-refractivity contribution is -0.122. The van der Waals surface area contributed by atoms with Crippen LogP contribution < -0.4 is 5.32 Å². The highest BCUT2D eigenvalue weighted by Crippen LogP contribution is 2.28. The van der Waals surface area contributed by atoms with Gasteiger partial charge in [0.15, 0.2) is 0 Å². The predicted molar refractivity (Wildman–Crippen MR) is 96.9 cm³/mol. The van der Waals surface area contributed by atoms with E-state index in [-0.39, 0.29) is 5.91 Å². The van der Waals surface area contributed by atoms with Crippen LogP contribution in [0.15, 0.2) is 11.0 Å². The zero-order valence-corrected chi connectivity index (χ0v) is 16.3. The van der Waals surface area contributed by atoms with E-state index in [0.717, 1.165) is 22.6 Å². The molecule has 2 rings (SSSR count). The summed E-state index contributed by atoms with van der Waals surface area (Å²) in [4.78, 5) is 16.1. The zero-order chi connectivity index (χ0) is 17.7. The highest BCUT2D eigenvalue weighted by atomic mass is 32.2. The van der Waals surface area contributed by atoms with Crippen LogP contribution in [-0.2, 0) is 14.8 Å². The van der Waals surface area contributed by atoms with Crippen LogP contribution in [0.3, 0.4) is 0 Å². The first-order valence-electron chi connectivity index (χ1n) is 8.41. The summed E-state index contributed by atoms with van der Waals surface area (Å²) in [7, 11) is -3.42. The van der Waals surface area contributed by atoms with Crippen LogP contribution in [0.25, 0.3) is 0 Å². The number of thiophene rings is 1. The van der Waals surface area contributed by atoms with Gasteiger partial charge in [0, 0.05) is 42.5 Å². The average molecular weight is 374 g/mol. The lowest BCUT2D eigenvalue weighted by Gasteiger charge is -2.33. The Hall–Kier alpha value is -0.960.